The van der Waals surface area contributed by atoms with Gasteiger partial charge in [-0.05, 0) is 78.1 Å². The number of fused-ring (bicyclic) bond motifs is 1. The molecule has 0 saturated heterocycles. The fourth-order valence-electron chi connectivity index (χ4n) is 3.95. The van der Waals surface area contributed by atoms with Gasteiger partial charge in [-0.15, -0.1) is 0 Å². The molecule has 1 aliphatic carbocycles. The van der Waals surface area contributed by atoms with E-state index < -0.39 is 0 Å². The summed E-state index contributed by atoms with van der Waals surface area (Å²) >= 11 is 2.35. The molecular weight excluding hydrogens is 473 g/mol. The lowest BCUT2D eigenvalue weighted by atomic mass is 9.91. The van der Waals surface area contributed by atoms with Crippen molar-refractivity contribution in [1.29, 1.82) is 0 Å². The number of aromatic nitrogens is 2. The lowest BCUT2D eigenvalue weighted by Gasteiger charge is -2.30. The number of anilines is 2. The second-order valence-electron chi connectivity index (χ2n) is 7.98. The van der Waals surface area contributed by atoms with Gasteiger partial charge in [-0.2, -0.15) is 4.98 Å². The topological polar surface area (TPSA) is 53.1 Å². The Labute approximate surface area is 186 Å². The van der Waals surface area contributed by atoms with Crippen LogP contribution in [0.25, 0.3) is 10.9 Å². The fourth-order valence-corrected chi connectivity index (χ4v) is 4.31. The summed E-state index contributed by atoms with van der Waals surface area (Å²) in [6, 6.07) is 18.0. The van der Waals surface area contributed by atoms with Crippen molar-refractivity contribution in [2.24, 2.45) is 0 Å². The molecule has 1 aromatic heterocycles. The predicted molar refractivity (Wildman–Crippen MR) is 130 cm³/mol. The van der Waals surface area contributed by atoms with Crippen LogP contribution in [0.3, 0.4) is 0 Å². The highest BCUT2D eigenvalue weighted by atomic mass is 127. The van der Waals surface area contributed by atoms with Crippen molar-refractivity contribution in [2.45, 2.75) is 44.3 Å². The van der Waals surface area contributed by atoms with E-state index in [0.29, 0.717) is 12.1 Å². The lowest BCUT2D eigenvalue weighted by molar-refractivity contribution is 0.352. The third-order valence-electron chi connectivity index (χ3n) is 5.58. The molecule has 152 valence electrons. The molecule has 1 aliphatic rings. The summed E-state index contributed by atoms with van der Waals surface area (Å²) in [4.78, 5) is 11.6. The maximum absolute atomic E-state index is 4.78. The van der Waals surface area contributed by atoms with Crippen molar-refractivity contribution >= 4 is 45.3 Å². The maximum Gasteiger partial charge on any atom is 0.225 e. The van der Waals surface area contributed by atoms with E-state index in [1.54, 1.807) is 0 Å². The Bertz CT molecular complexity index is 949. The van der Waals surface area contributed by atoms with Crippen molar-refractivity contribution in [1.82, 2.24) is 15.3 Å². The van der Waals surface area contributed by atoms with Crippen molar-refractivity contribution in [2.75, 3.05) is 24.3 Å². The molecule has 4 rings (SSSR count). The van der Waals surface area contributed by atoms with Crippen molar-refractivity contribution < 1.29 is 0 Å². The minimum absolute atomic E-state index is 0.433. The van der Waals surface area contributed by atoms with E-state index in [0.717, 1.165) is 42.1 Å². The Morgan fingerprint density at radius 3 is 2.34 bits per heavy atom. The van der Waals surface area contributed by atoms with Gasteiger partial charge in [0, 0.05) is 41.7 Å². The van der Waals surface area contributed by atoms with Gasteiger partial charge in [-0.1, -0.05) is 24.3 Å². The summed E-state index contributed by atoms with van der Waals surface area (Å²) in [5.74, 6) is 1.70. The van der Waals surface area contributed by atoms with E-state index in [-0.39, 0.29) is 0 Å². The smallest absolute Gasteiger partial charge is 0.225 e. The standard InChI is InChI=1S/C23H28IN5/c1-29(2)22-20-5-3-4-6-21(20)27-23(28-22)26-19-13-11-18(12-14-19)25-15-16-7-9-17(24)10-8-16/h3-10,18-19,25H,11-15H2,1-2H3,(H,26,27,28). The first-order valence-electron chi connectivity index (χ1n) is 10.3. The quantitative estimate of drug-likeness (QED) is 0.475. The van der Waals surface area contributed by atoms with Crippen molar-refractivity contribution in [3.63, 3.8) is 0 Å². The Hall–Kier alpha value is -1.93. The maximum atomic E-state index is 4.78. The highest BCUT2D eigenvalue weighted by Gasteiger charge is 2.22. The molecule has 0 amide bonds. The summed E-state index contributed by atoms with van der Waals surface area (Å²) in [5, 5.41) is 8.40. The first-order valence-corrected chi connectivity index (χ1v) is 11.3. The molecule has 0 radical (unpaired) electrons. The Morgan fingerprint density at radius 2 is 1.62 bits per heavy atom. The fraction of sp³-hybridized carbons (Fsp3) is 0.391. The number of hydrogen-bond acceptors (Lipinski definition) is 5. The first kappa shape index (κ1) is 20.3. The highest BCUT2D eigenvalue weighted by molar-refractivity contribution is 14.1. The van der Waals surface area contributed by atoms with Gasteiger partial charge in [0.15, 0.2) is 0 Å². The summed E-state index contributed by atoms with van der Waals surface area (Å²) in [6.07, 6.45) is 4.63. The number of para-hydroxylation sites is 1. The van der Waals surface area contributed by atoms with Crippen LogP contribution in [0.4, 0.5) is 11.8 Å². The van der Waals surface area contributed by atoms with Gasteiger partial charge in [0.2, 0.25) is 5.95 Å². The number of halogens is 1. The second-order valence-corrected chi connectivity index (χ2v) is 9.23. The van der Waals surface area contributed by atoms with Gasteiger partial charge >= 0.3 is 0 Å². The van der Waals surface area contributed by atoms with E-state index in [9.17, 15) is 0 Å². The number of hydrogen-bond donors (Lipinski definition) is 2. The molecule has 1 heterocycles. The number of rotatable bonds is 6. The predicted octanol–water partition coefficient (Wildman–Crippen LogP) is 4.81. The second kappa shape index (κ2) is 9.26. The van der Waals surface area contributed by atoms with Crippen LogP contribution in [-0.2, 0) is 6.54 Å². The third-order valence-corrected chi connectivity index (χ3v) is 6.29. The van der Waals surface area contributed by atoms with Crippen LogP contribution in [0.5, 0.6) is 0 Å². The van der Waals surface area contributed by atoms with E-state index in [4.69, 9.17) is 9.97 Å². The SMILES string of the molecule is CN(C)c1nc(NC2CCC(NCc3ccc(I)cc3)CC2)nc2ccccc12. The largest absolute Gasteiger partial charge is 0.362 e. The molecule has 2 N–H and O–H groups in total. The minimum Gasteiger partial charge on any atom is -0.362 e. The van der Waals surface area contributed by atoms with Gasteiger partial charge in [0.1, 0.15) is 5.82 Å². The van der Waals surface area contributed by atoms with Crippen LogP contribution >= 0.6 is 22.6 Å². The average molecular weight is 501 g/mol. The molecule has 6 heteroatoms. The van der Waals surface area contributed by atoms with Gasteiger partial charge in [-0.3, -0.25) is 0 Å². The molecule has 0 aliphatic heterocycles. The van der Waals surface area contributed by atoms with Crippen LogP contribution in [0.1, 0.15) is 31.2 Å². The molecule has 29 heavy (non-hydrogen) atoms. The Kier molecular flexibility index (Phi) is 6.50. The van der Waals surface area contributed by atoms with Crippen LogP contribution in [0, 0.1) is 3.57 Å². The van der Waals surface area contributed by atoms with Crippen LogP contribution in [0.2, 0.25) is 0 Å². The van der Waals surface area contributed by atoms with Crippen molar-refractivity contribution in [3.05, 3.63) is 57.7 Å². The monoisotopic (exact) mass is 501 g/mol. The zero-order chi connectivity index (χ0) is 20.2. The van der Waals surface area contributed by atoms with Crippen LogP contribution in [0.15, 0.2) is 48.5 Å². The number of nitrogens with one attached hydrogen (secondary N) is 2. The van der Waals surface area contributed by atoms with E-state index in [1.165, 1.54) is 22.0 Å². The van der Waals surface area contributed by atoms with Crippen LogP contribution < -0.4 is 15.5 Å². The molecule has 0 atom stereocenters. The molecule has 3 aromatic rings. The third kappa shape index (κ3) is 5.17. The molecule has 1 saturated carbocycles. The molecule has 0 spiro atoms. The zero-order valence-electron chi connectivity index (χ0n) is 17.0. The zero-order valence-corrected chi connectivity index (χ0v) is 19.2. The van der Waals surface area contributed by atoms with E-state index in [2.05, 4.69) is 74.5 Å². The summed E-state index contributed by atoms with van der Waals surface area (Å²) in [5.41, 5.74) is 2.34. The van der Waals surface area contributed by atoms with E-state index in [1.807, 2.05) is 26.2 Å². The van der Waals surface area contributed by atoms with Gasteiger partial charge in [-0.25, -0.2) is 4.98 Å². The molecule has 0 unspecified atom stereocenters. The summed E-state index contributed by atoms with van der Waals surface area (Å²) in [6.45, 7) is 0.944. The normalized spacial score (nSPS) is 19.3. The van der Waals surface area contributed by atoms with E-state index >= 15 is 0 Å². The van der Waals surface area contributed by atoms with Gasteiger partial charge in [0.05, 0.1) is 5.52 Å². The molecular formula is C23H28IN5. The molecule has 0 bridgehead atoms. The van der Waals surface area contributed by atoms with Gasteiger partial charge in [0.25, 0.3) is 0 Å². The average Bonchev–Trinajstić information content (AvgIpc) is 2.74. The number of nitrogens with zero attached hydrogens (tertiary/aromatic N) is 3. The van der Waals surface area contributed by atoms with Gasteiger partial charge < -0.3 is 15.5 Å². The molecule has 2 aromatic carbocycles. The highest BCUT2D eigenvalue weighted by Crippen LogP contribution is 2.26. The summed E-state index contributed by atoms with van der Waals surface area (Å²) in [7, 11) is 4.06. The molecule has 1 fully saturated rings. The molecule has 5 nitrogen and oxygen atoms in total. The Morgan fingerprint density at radius 1 is 0.931 bits per heavy atom. The van der Waals surface area contributed by atoms with Crippen LogP contribution in [-0.4, -0.2) is 36.1 Å². The minimum atomic E-state index is 0.433. The number of benzene rings is 2. The lowest BCUT2D eigenvalue weighted by Crippen LogP contribution is -2.37. The Balaban J connectivity index is 1.34. The summed E-state index contributed by atoms with van der Waals surface area (Å²) < 4.78 is 1.28. The van der Waals surface area contributed by atoms with Crippen molar-refractivity contribution in [3.8, 4) is 0 Å². The first-order chi connectivity index (χ1) is 14.1.